The first-order valence-electron chi connectivity index (χ1n) is 9.54. The lowest BCUT2D eigenvalue weighted by Crippen LogP contribution is -2.15. The predicted molar refractivity (Wildman–Crippen MR) is 124 cm³/mol. The zero-order valence-electron chi connectivity index (χ0n) is 17.4. The van der Waals surface area contributed by atoms with E-state index in [1.54, 1.807) is 0 Å². The van der Waals surface area contributed by atoms with Crippen molar-refractivity contribution in [3.8, 4) is 0 Å². The molecule has 1 nitrogen and oxygen atoms in total. The number of hydrogen-bond donors (Lipinski definition) is 0. The van der Waals surface area contributed by atoms with Gasteiger partial charge in [0.05, 0.1) is 12.2 Å². The highest BCUT2D eigenvalue weighted by molar-refractivity contribution is 9.09. The van der Waals surface area contributed by atoms with E-state index >= 15 is 0 Å². The lowest BCUT2D eigenvalue weighted by molar-refractivity contribution is 0.0128. The Morgan fingerprint density at radius 2 is 0.926 bits per heavy atom. The van der Waals surface area contributed by atoms with E-state index < -0.39 is 0 Å². The summed E-state index contributed by atoms with van der Waals surface area (Å²) in [6.07, 6.45) is 0.0349. The van der Waals surface area contributed by atoms with Crippen LogP contribution in [0.3, 0.4) is 0 Å². The average Bonchev–Trinajstić information content (AvgIpc) is 2.62. The number of hydrogen-bond acceptors (Lipinski definition) is 1. The minimum atomic E-state index is 0.0175. The van der Waals surface area contributed by atoms with Gasteiger partial charge in [0.2, 0.25) is 0 Å². The van der Waals surface area contributed by atoms with E-state index in [4.69, 9.17) is 4.74 Å². The average molecular weight is 496 g/mol. The molecule has 0 aliphatic rings. The molecule has 2 atom stereocenters. The Balaban J connectivity index is 2.17. The maximum Gasteiger partial charge on any atom is 0.0930 e. The number of benzene rings is 2. The van der Waals surface area contributed by atoms with Crippen LogP contribution < -0.4 is 0 Å². The molecule has 148 valence electrons. The highest BCUT2D eigenvalue weighted by atomic mass is 79.9. The van der Waals surface area contributed by atoms with Crippen LogP contribution in [0.4, 0.5) is 0 Å². The molecule has 2 aromatic carbocycles. The van der Waals surface area contributed by atoms with Crippen molar-refractivity contribution in [2.75, 3.05) is 10.7 Å². The molecule has 0 bridgehead atoms. The Kier molecular flexibility index (Phi) is 7.75. The zero-order chi connectivity index (χ0) is 20.2. The summed E-state index contributed by atoms with van der Waals surface area (Å²) in [6.45, 7) is 13.4. The van der Waals surface area contributed by atoms with Crippen molar-refractivity contribution in [2.45, 2.75) is 64.6 Å². The number of rotatable bonds is 6. The number of halogens is 2. The van der Waals surface area contributed by atoms with Crippen molar-refractivity contribution in [1.29, 1.82) is 0 Å². The van der Waals surface area contributed by atoms with Crippen LogP contribution in [0.5, 0.6) is 0 Å². The van der Waals surface area contributed by atoms with Gasteiger partial charge in [-0.15, -0.1) is 0 Å². The van der Waals surface area contributed by atoms with Crippen LogP contribution in [0, 0.1) is 0 Å². The molecule has 2 aromatic rings. The fourth-order valence-electron chi connectivity index (χ4n) is 3.00. The van der Waals surface area contributed by atoms with E-state index in [0.717, 1.165) is 10.7 Å². The lowest BCUT2D eigenvalue weighted by atomic mass is 9.86. The normalized spacial score (nSPS) is 14.8. The third-order valence-electron chi connectivity index (χ3n) is 4.91. The molecule has 0 spiro atoms. The molecule has 0 aliphatic heterocycles. The van der Waals surface area contributed by atoms with Gasteiger partial charge in [0.1, 0.15) is 0 Å². The molecule has 3 heteroatoms. The van der Waals surface area contributed by atoms with Crippen molar-refractivity contribution in [3.63, 3.8) is 0 Å². The third-order valence-corrected chi connectivity index (χ3v) is 6.08. The quantitative estimate of drug-likeness (QED) is 0.370. The fraction of sp³-hybridized carbons (Fsp3) is 0.500. The molecule has 27 heavy (non-hydrogen) atoms. The summed E-state index contributed by atoms with van der Waals surface area (Å²) >= 11 is 7.28. The second kappa shape index (κ2) is 9.24. The standard InChI is InChI=1S/C24H32Br2O/c1-23(2,3)19-11-7-17(8-12-19)21(15-25)27-22(16-26)18-9-13-20(14-10-18)24(4,5)6/h7-14,21-22H,15-16H2,1-6H3. The van der Waals surface area contributed by atoms with Gasteiger partial charge in [0, 0.05) is 10.7 Å². The zero-order valence-corrected chi connectivity index (χ0v) is 20.5. The molecule has 2 unspecified atom stereocenters. The topological polar surface area (TPSA) is 9.23 Å². The van der Waals surface area contributed by atoms with Crippen LogP contribution in [0.15, 0.2) is 48.5 Å². The summed E-state index contributed by atoms with van der Waals surface area (Å²) in [6, 6.07) is 17.7. The van der Waals surface area contributed by atoms with E-state index in [0.29, 0.717) is 0 Å². The van der Waals surface area contributed by atoms with E-state index in [9.17, 15) is 0 Å². The second-order valence-corrected chi connectivity index (χ2v) is 10.5. The van der Waals surface area contributed by atoms with E-state index in [2.05, 4.69) is 122 Å². The molecule has 0 aliphatic carbocycles. The smallest absolute Gasteiger partial charge is 0.0930 e. The Hall–Kier alpha value is -0.640. The van der Waals surface area contributed by atoms with Crippen LogP contribution in [-0.2, 0) is 15.6 Å². The number of alkyl halides is 2. The van der Waals surface area contributed by atoms with Crippen molar-refractivity contribution in [2.24, 2.45) is 0 Å². The second-order valence-electron chi connectivity index (χ2n) is 9.17. The molecule has 2 rings (SSSR count). The molecule has 0 heterocycles. The maximum absolute atomic E-state index is 6.48. The molecule has 0 saturated carbocycles. The highest BCUT2D eigenvalue weighted by Crippen LogP contribution is 2.32. The first kappa shape index (κ1) is 22.6. The van der Waals surface area contributed by atoms with Crippen molar-refractivity contribution in [3.05, 3.63) is 70.8 Å². The van der Waals surface area contributed by atoms with Crippen LogP contribution in [-0.4, -0.2) is 10.7 Å². The summed E-state index contributed by atoms with van der Waals surface area (Å²) in [5, 5.41) is 1.54. The first-order valence-corrected chi connectivity index (χ1v) is 11.8. The third kappa shape index (κ3) is 6.17. The van der Waals surface area contributed by atoms with E-state index in [1.165, 1.54) is 22.3 Å². The predicted octanol–water partition coefficient (Wildman–Crippen LogP) is 7.87. The van der Waals surface area contributed by atoms with Gasteiger partial charge in [-0.3, -0.25) is 0 Å². The first-order chi connectivity index (χ1) is 12.6. The minimum absolute atomic E-state index is 0.0175. The Labute approximate surface area is 182 Å². The molecule has 0 saturated heterocycles. The van der Waals surface area contributed by atoms with E-state index in [-0.39, 0.29) is 23.0 Å². The molecular weight excluding hydrogens is 464 g/mol. The van der Waals surface area contributed by atoms with E-state index in [1.807, 2.05) is 0 Å². The maximum atomic E-state index is 6.48. The van der Waals surface area contributed by atoms with Gasteiger partial charge in [0.25, 0.3) is 0 Å². The molecule has 0 N–H and O–H groups in total. The largest absolute Gasteiger partial charge is 0.364 e. The summed E-state index contributed by atoms with van der Waals surface area (Å²) < 4.78 is 6.48. The van der Waals surface area contributed by atoms with Crippen LogP contribution >= 0.6 is 31.9 Å². The van der Waals surface area contributed by atoms with Gasteiger partial charge in [-0.05, 0) is 33.1 Å². The van der Waals surface area contributed by atoms with Gasteiger partial charge in [-0.2, -0.15) is 0 Å². The van der Waals surface area contributed by atoms with Gasteiger partial charge in [0.15, 0.2) is 0 Å². The van der Waals surface area contributed by atoms with Crippen molar-refractivity contribution in [1.82, 2.24) is 0 Å². The minimum Gasteiger partial charge on any atom is -0.364 e. The van der Waals surface area contributed by atoms with Gasteiger partial charge in [-0.25, -0.2) is 0 Å². The fourth-order valence-corrected chi connectivity index (χ4v) is 4.05. The summed E-state index contributed by atoms with van der Waals surface area (Å²) in [5.74, 6) is 0. The molecular formula is C24H32Br2O. The van der Waals surface area contributed by atoms with Crippen LogP contribution in [0.1, 0.15) is 76.0 Å². The molecule has 0 fully saturated rings. The van der Waals surface area contributed by atoms with Gasteiger partial charge < -0.3 is 4.74 Å². The summed E-state index contributed by atoms with van der Waals surface area (Å²) in [7, 11) is 0. The highest BCUT2D eigenvalue weighted by Gasteiger charge is 2.21. The molecule has 0 radical (unpaired) electrons. The van der Waals surface area contributed by atoms with Gasteiger partial charge >= 0.3 is 0 Å². The number of ether oxygens (including phenoxy) is 1. The van der Waals surface area contributed by atoms with Crippen LogP contribution in [0.25, 0.3) is 0 Å². The Morgan fingerprint density at radius 1 is 0.630 bits per heavy atom. The summed E-state index contributed by atoms with van der Waals surface area (Å²) in [5.41, 5.74) is 5.42. The monoisotopic (exact) mass is 494 g/mol. The SMILES string of the molecule is CC(C)(C)c1ccc(C(CBr)OC(CBr)c2ccc(C(C)(C)C)cc2)cc1. The summed E-state index contributed by atoms with van der Waals surface area (Å²) in [4.78, 5) is 0. The lowest BCUT2D eigenvalue weighted by Gasteiger charge is -2.25. The van der Waals surface area contributed by atoms with Crippen LogP contribution in [0.2, 0.25) is 0 Å². The van der Waals surface area contributed by atoms with Crippen molar-refractivity contribution < 1.29 is 4.74 Å². The van der Waals surface area contributed by atoms with Crippen molar-refractivity contribution >= 4 is 31.9 Å². The Morgan fingerprint density at radius 3 is 1.15 bits per heavy atom. The Bertz CT molecular complexity index is 643. The molecule has 0 aromatic heterocycles. The molecule has 0 amide bonds. The van der Waals surface area contributed by atoms with Gasteiger partial charge in [-0.1, -0.05) is 122 Å².